The fraction of sp³-hybridized carbons (Fsp3) is 0.100. The first-order chi connectivity index (χ1) is 6.70. The summed E-state index contributed by atoms with van der Waals surface area (Å²) in [6.07, 6.45) is 0. The molecule has 0 aliphatic rings. The van der Waals surface area contributed by atoms with E-state index in [1.54, 1.807) is 0 Å². The van der Waals surface area contributed by atoms with Crippen LogP contribution in [0.15, 0.2) is 28.7 Å². The van der Waals surface area contributed by atoms with Crippen molar-refractivity contribution >= 4 is 44.2 Å². The molecule has 4 heteroatoms. The number of H-pyrrole nitrogens is 1. The van der Waals surface area contributed by atoms with Crippen LogP contribution in [0, 0.1) is 0 Å². The zero-order valence-corrected chi connectivity index (χ0v) is 9.52. The number of carbonyl (C=O) groups excluding carboxylic acids is 1. The van der Waals surface area contributed by atoms with E-state index in [2.05, 4.69) is 20.9 Å². The molecule has 0 aliphatic carbocycles. The van der Waals surface area contributed by atoms with Gasteiger partial charge < -0.3 is 4.98 Å². The predicted octanol–water partition coefficient (Wildman–Crippen LogP) is 3.35. The Morgan fingerprint density at radius 2 is 2.21 bits per heavy atom. The maximum Gasteiger partial charge on any atom is 0.193 e. The van der Waals surface area contributed by atoms with E-state index in [0.29, 0.717) is 5.69 Å². The highest BCUT2D eigenvalue weighted by molar-refractivity contribution is 9.10. The third kappa shape index (κ3) is 1.70. The number of halogens is 2. The molecule has 2 aromatic rings. The first-order valence-electron chi connectivity index (χ1n) is 4.08. The fourth-order valence-electron chi connectivity index (χ4n) is 1.33. The van der Waals surface area contributed by atoms with Crippen molar-refractivity contribution in [3.8, 4) is 0 Å². The van der Waals surface area contributed by atoms with Crippen molar-refractivity contribution in [2.45, 2.75) is 0 Å². The van der Waals surface area contributed by atoms with Crippen molar-refractivity contribution in [1.82, 2.24) is 4.98 Å². The van der Waals surface area contributed by atoms with Crippen molar-refractivity contribution in [3.63, 3.8) is 0 Å². The van der Waals surface area contributed by atoms with Gasteiger partial charge in [-0.1, -0.05) is 15.9 Å². The molecule has 1 N–H and O–H groups in total. The lowest BCUT2D eigenvalue weighted by Crippen LogP contribution is -1.99. The molecule has 2 nitrogen and oxygen atoms in total. The number of hydrogen-bond donors (Lipinski definition) is 1. The molecule has 0 saturated carbocycles. The van der Waals surface area contributed by atoms with Gasteiger partial charge in [-0.2, -0.15) is 0 Å². The van der Waals surface area contributed by atoms with Crippen LogP contribution in [-0.4, -0.2) is 16.6 Å². The highest BCUT2D eigenvalue weighted by atomic mass is 79.9. The zero-order chi connectivity index (χ0) is 10.1. The second-order valence-corrected chi connectivity index (χ2v) is 4.15. The van der Waals surface area contributed by atoms with Gasteiger partial charge >= 0.3 is 0 Å². The summed E-state index contributed by atoms with van der Waals surface area (Å²) in [5, 5.41) is 1.01. The van der Waals surface area contributed by atoms with Crippen molar-refractivity contribution in [2.24, 2.45) is 0 Å². The largest absolute Gasteiger partial charge is 0.352 e. The molecule has 0 fully saturated rings. The summed E-state index contributed by atoms with van der Waals surface area (Å²) in [5.41, 5.74) is 1.51. The summed E-state index contributed by atoms with van der Waals surface area (Å²) < 4.78 is 0.994. The Labute approximate surface area is 94.4 Å². The zero-order valence-electron chi connectivity index (χ0n) is 7.18. The maximum atomic E-state index is 11.3. The van der Waals surface area contributed by atoms with Gasteiger partial charge in [0.15, 0.2) is 5.78 Å². The van der Waals surface area contributed by atoms with E-state index in [1.165, 1.54) is 0 Å². The first-order valence-corrected chi connectivity index (χ1v) is 5.41. The number of benzene rings is 1. The number of ketones is 1. The third-order valence-corrected chi connectivity index (χ3v) is 2.74. The molecule has 2 rings (SSSR count). The molecule has 0 saturated heterocycles. The van der Waals surface area contributed by atoms with Gasteiger partial charge in [0.2, 0.25) is 0 Å². The summed E-state index contributed by atoms with van der Waals surface area (Å²) in [5.74, 6) is -0.0763. The monoisotopic (exact) mass is 271 g/mol. The Bertz CT molecular complexity index is 492. The van der Waals surface area contributed by atoms with Crippen LogP contribution in [-0.2, 0) is 0 Å². The average molecular weight is 273 g/mol. The molecule has 0 bridgehead atoms. The van der Waals surface area contributed by atoms with E-state index >= 15 is 0 Å². The number of nitrogens with one attached hydrogen (secondary N) is 1. The minimum absolute atomic E-state index is 0.00793. The Morgan fingerprint density at radius 1 is 1.43 bits per heavy atom. The lowest BCUT2D eigenvalue weighted by atomic mass is 10.2. The molecule has 0 amide bonds. The van der Waals surface area contributed by atoms with E-state index in [4.69, 9.17) is 11.6 Å². The minimum Gasteiger partial charge on any atom is -0.352 e. The standard InChI is InChI=1S/C10H7BrClNO/c11-7-1-2-8-6(3-7)4-9(13-8)10(14)5-12/h1-4,13H,5H2. The van der Waals surface area contributed by atoms with Gasteiger partial charge in [-0.15, -0.1) is 11.6 Å². The fourth-order valence-corrected chi connectivity index (χ4v) is 1.85. The van der Waals surface area contributed by atoms with Crippen LogP contribution in [0.4, 0.5) is 0 Å². The summed E-state index contributed by atoms with van der Waals surface area (Å²) >= 11 is 8.84. The van der Waals surface area contributed by atoms with Gasteiger partial charge in [-0.25, -0.2) is 0 Å². The number of Topliss-reactive ketones (excluding diaryl/α,β-unsaturated/α-hetero) is 1. The topological polar surface area (TPSA) is 32.9 Å². The number of hydrogen-bond acceptors (Lipinski definition) is 1. The lowest BCUT2D eigenvalue weighted by Gasteiger charge is -1.89. The summed E-state index contributed by atoms with van der Waals surface area (Å²) in [4.78, 5) is 14.3. The Morgan fingerprint density at radius 3 is 2.93 bits per heavy atom. The molecular formula is C10H7BrClNO. The normalized spacial score (nSPS) is 10.7. The Hall–Kier alpha value is -0.800. The maximum absolute atomic E-state index is 11.3. The van der Waals surface area contributed by atoms with Gasteiger partial charge in [0, 0.05) is 15.4 Å². The van der Waals surface area contributed by atoms with Crippen LogP contribution >= 0.6 is 27.5 Å². The van der Waals surface area contributed by atoms with Crippen molar-refractivity contribution in [2.75, 3.05) is 5.88 Å². The van der Waals surface area contributed by atoms with Crippen LogP contribution < -0.4 is 0 Å². The van der Waals surface area contributed by atoms with Crippen LogP contribution in [0.3, 0.4) is 0 Å². The van der Waals surface area contributed by atoms with E-state index in [-0.39, 0.29) is 11.7 Å². The Kier molecular flexibility index (Phi) is 2.61. The van der Waals surface area contributed by atoms with Crippen LogP contribution in [0.2, 0.25) is 0 Å². The summed E-state index contributed by atoms with van der Waals surface area (Å²) in [6.45, 7) is 0. The summed E-state index contributed by atoms with van der Waals surface area (Å²) in [7, 11) is 0. The molecule has 0 aliphatic heterocycles. The molecule has 1 aromatic heterocycles. The SMILES string of the molecule is O=C(CCl)c1cc2cc(Br)ccc2[nH]1. The number of aromatic nitrogens is 1. The molecule has 0 atom stereocenters. The van der Waals surface area contributed by atoms with Gasteiger partial charge in [-0.05, 0) is 24.3 Å². The third-order valence-electron chi connectivity index (χ3n) is 2.00. The number of alkyl halides is 1. The number of carbonyl (C=O) groups is 1. The van der Waals surface area contributed by atoms with Gasteiger partial charge in [0.1, 0.15) is 0 Å². The second-order valence-electron chi connectivity index (χ2n) is 2.97. The van der Waals surface area contributed by atoms with E-state index < -0.39 is 0 Å². The smallest absolute Gasteiger partial charge is 0.193 e. The van der Waals surface area contributed by atoms with Gasteiger partial charge in [0.05, 0.1) is 11.6 Å². The lowest BCUT2D eigenvalue weighted by molar-refractivity contribution is 0.101. The van der Waals surface area contributed by atoms with Crippen molar-refractivity contribution < 1.29 is 4.79 Å². The molecular weight excluding hydrogens is 265 g/mol. The predicted molar refractivity (Wildman–Crippen MR) is 61.0 cm³/mol. The van der Waals surface area contributed by atoms with Crippen LogP contribution in [0.25, 0.3) is 10.9 Å². The second kappa shape index (κ2) is 3.75. The number of fused-ring (bicyclic) bond motifs is 1. The molecule has 1 heterocycles. The van der Waals surface area contributed by atoms with Gasteiger partial charge in [-0.3, -0.25) is 4.79 Å². The first kappa shape index (κ1) is 9.74. The van der Waals surface area contributed by atoms with Crippen LogP contribution in [0.1, 0.15) is 10.5 Å². The minimum atomic E-state index is -0.0843. The molecule has 0 radical (unpaired) electrons. The molecule has 0 spiro atoms. The number of aromatic amines is 1. The molecule has 0 unspecified atom stereocenters. The molecule has 72 valence electrons. The van der Waals surface area contributed by atoms with Crippen molar-refractivity contribution in [1.29, 1.82) is 0 Å². The molecule has 14 heavy (non-hydrogen) atoms. The molecule has 1 aromatic carbocycles. The summed E-state index contributed by atoms with van der Waals surface area (Å²) in [6, 6.07) is 7.61. The van der Waals surface area contributed by atoms with E-state index in [9.17, 15) is 4.79 Å². The highest BCUT2D eigenvalue weighted by Crippen LogP contribution is 2.20. The van der Waals surface area contributed by atoms with Crippen molar-refractivity contribution in [3.05, 3.63) is 34.4 Å². The quantitative estimate of drug-likeness (QED) is 0.660. The Balaban J connectivity index is 2.56. The highest BCUT2D eigenvalue weighted by Gasteiger charge is 2.07. The van der Waals surface area contributed by atoms with E-state index in [1.807, 2.05) is 24.3 Å². The van der Waals surface area contributed by atoms with Crippen LogP contribution in [0.5, 0.6) is 0 Å². The van der Waals surface area contributed by atoms with Gasteiger partial charge in [0.25, 0.3) is 0 Å². The average Bonchev–Trinajstić information content (AvgIpc) is 2.59. The number of rotatable bonds is 2. The van der Waals surface area contributed by atoms with E-state index in [0.717, 1.165) is 15.4 Å².